The van der Waals surface area contributed by atoms with E-state index >= 15 is 0 Å². The standard InChI is InChI=1S/C24H25ClFN3O2/c1-31-22-10-8-16(13-19(22)25)9-11-23(30)29-12-3-2-7-21(29)24-27-15-20(28-24)17-5-4-6-18(26)14-17/h4-6,8,10,13-15,21H,2-3,7,9,11-12H2,1H3,(H,27,28). The second kappa shape index (κ2) is 9.52. The van der Waals surface area contributed by atoms with E-state index in [2.05, 4.69) is 9.97 Å². The number of H-pyrrole nitrogens is 1. The van der Waals surface area contributed by atoms with Crippen LogP contribution < -0.4 is 4.74 Å². The third-order valence-corrected chi connectivity index (χ3v) is 6.01. The highest BCUT2D eigenvalue weighted by Gasteiger charge is 2.29. The number of nitrogens with one attached hydrogen (secondary N) is 1. The van der Waals surface area contributed by atoms with Crippen molar-refractivity contribution in [2.45, 2.75) is 38.1 Å². The first kappa shape index (κ1) is 21.4. The number of aromatic nitrogens is 2. The number of ether oxygens (including phenoxy) is 1. The number of hydrogen-bond donors (Lipinski definition) is 1. The van der Waals surface area contributed by atoms with E-state index in [1.165, 1.54) is 12.1 Å². The van der Waals surface area contributed by atoms with E-state index in [0.29, 0.717) is 30.2 Å². The lowest BCUT2D eigenvalue weighted by Gasteiger charge is -2.34. The van der Waals surface area contributed by atoms with E-state index in [1.54, 1.807) is 19.4 Å². The first-order valence-electron chi connectivity index (χ1n) is 10.5. The number of hydrogen-bond acceptors (Lipinski definition) is 3. The summed E-state index contributed by atoms with van der Waals surface area (Å²) in [4.78, 5) is 22.8. The van der Waals surface area contributed by atoms with Gasteiger partial charge in [0.2, 0.25) is 5.91 Å². The minimum Gasteiger partial charge on any atom is -0.495 e. The Kier molecular flexibility index (Phi) is 6.56. The molecule has 162 valence electrons. The minimum absolute atomic E-state index is 0.0944. The summed E-state index contributed by atoms with van der Waals surface area (Å²) in [6.07, 6.45) is 5.60. The quantitative estimate of drug-likeness (QED) is 0.544. The number of likely N-dealkylation sites (tertiary alicyclic amines) is 1. The second-order valence-electron chi connectivity index (χ2n) is 7.76. The predicted molar refractivity (Wildman–Crippen MR) is 119 cm³/mol. The molecule has 1 aliphatic heterocycles. The number of nitrogens with zero attached hydrogens (tertiary/aromatic N) is 2. The summed E-state index contributed by atoms with van der Waals surface area (Å²) < 4.78 is 18.8. The maximum Gasteiger partial charge on any atom is 0.223 e. The van der Waals surface area contributed by atoms with Gasteiger partial charge in [-0.05, 0) is 55.5 Å². The normalized spacial score (nSPS) is 16.4. The molecule has 2 aromatic carbocycles. The molecule has 3 aromatic rings. The molecule has 4 rings (SSSR count). The van der Waals surface area contributed by atoms with Crippen LogP contribution >= 0.6 is 11.6 Å². The van der Waals surface area contributed by atoms with Gasteiger partial charge in [0.25, 0.3) is 0 Å². The molecule has 1 unspecified atom stereocenters. The molecule has 0 aliphatic carbocycles. The zero-order valence-electron chi connectivity index (χ0n) is 17.4. The van der Waals surface area contributed by atoms with Gasteiger partial charge in [-0.25, -0.2) is 9.37 Å². The number of halogens is 2. The summed E-state index contributed by atoms with van der Waals surface area (Å²) >= 11 is 6.20. The number of aryl methyl sites for hydroxylation is 1. The van der Waals surface area contributed by atoms with Crippen molar-refractivity contribution in [3.8, 4) is 17.0 Å². The Morgan fingerprint density at radius 3 is 2.94 bits per heavy atom. The van der Waals surface area contributed by atoms with Crippen molar-refractivity contribution in [3.63, 3.8) is 0 Å². The van der Waals surface area contributed by atoms with Gasteiger partial charge in [-0.1, -0.05) is 29.8 Å². The summed E-state index contributed by atoms with van der Waals surface area (Å²) in [5.74, 6) is 1.18. The lowest BCUT2D eigenvalue weighted by Crippen LogP contribution is -2.39. The van der Waals surface area contributed by atoms with Crippen LogP contribution in [0.25, 0.3) is 11.3 Å². The summed E-state index contributed by atoms with van der Waals surface area (Å²) in [7, 11) is 1.58. The SMILES string of the molecule is COc1ccc(CCC(=O)N2CCCCC2c2ncc(-c3cccc(F)c3)[nH]2)cc1Cl. The first-order valence-corrected chi connectivity index (χ1v) is 10.9. The number of aromatic amines is 1. The Hall–Kier alpha value is -2.86. The number of amides is 1. The Balaban J connectivity index is 1.46. The molecule has 1 N–H and O–H groups in total. The van der Waals surface area contributed by atoms with E-state index in [-0.39, 0.29) is 17.8 Å². The van der Waals surface area contributed by atoms with Crippen LogP contribution in [-0.4, -0.2) is 34.4 Å². The number of carbonyl (C=O) groups is 1. The predicted octanol–water partition coefficient (Wildman–Crippen LogP) is 5.56. The average molecular weight is 442 g/mol. The van der Waals surface area contributed by atoms with Gasteiger partial charge in [0.05, 0.1) is 30.1 Å². The lowest BCUT2D eigenvalue weighted by atomic mass is 10.00. The molecule has 1 atom stereocenters. The highest BCUT2D eigenvalue weighted by atomic mass is 35.5. The van der Waals surface area contributed by atoms with Crippen molar-refractivity contribution >= 4 is 17.5 Å². The van der Waals surface area contributed by atoms with E-state index in [1.807, 2.05) is 29.2 Å². The van der Waals surface area contributed by atoms with Crippen LogP contribution in [0.2, 0.25) is 5.02 Å². The van der Waals surface area contributed by atoms with Crippen molar-refractivity contribution in [2.75, 3.05) is 13.7 Å². The van der Waals surface area contributed by atoms with Gasteiger partial charge >= 0.3 is 0 Å². The van der Waals surface area contributed by atoms with Gasteiger partial charge < -0.3 is 14.6 Å². The smallest absolute Gasteiger partial charge is 0.223 e. The van der Waals surface area contributed by atoms with Gasteiger partial charge in [-0.15, -0.1) is 0 Å². The fourth-order valence-electron chi connectivity index (χ4n) is 4.08. The molecule has 1 saturated heterocycles. The van der Waals surface area contributed by atoms with Crippen LogP contribution in [0.4, 0.5) is 4.39 Å². The summed E-state index contributed by atoms with van der Waals surface area (Å²) in [5.41, 5.74) is 2.49. The number of imidazole rings is 1. The first-order chi connectivity index (χ1) is 15.0. The Morgan fingerprint density at radius 2 is 2.16 bits per heavy atom. The number of methoxy groups -OCH3 is 1. The molecule has 0 saturated carbocycles. The average Bonchev–Trinajstić information content (AvgIpc) is 3.28. The van der Waals surface area contributed by atoms with E-state index < -0.39 is 0 Å². The van der Waals surface area contributed by atoms with Crippen LogP contribution in [0, 0.1) is 5.82 Å². The van der Waals surface area contributed by atoms with Crippen molar-refractivity contribution < 1.29 is 13.9 Å². The van der Waals surface area contributed by atoms with Crippen molar-refractivity contribution in [1.29, 1.82) is 0 Å². The molecule has 31 heavy (non-hydrogen) atoms. The number of benzene rings is 2. The van der Waals surface area contributed by atoms with Gasteiger partial charge in [-0.3, -0.25) is 4.79 Å². The molecule has 1 fully saturated rings. The second-order valence-corrected chi connectivity index (χ2v) is 8.17. The van der Waals surface area contributed by atoms with Crippen LogP contribution in [0.3, 0.4) is 0 Å². The summed E-state index contributed by atoms with van der Waals surface area (Å²) in [6.45, 7) is 0.711. The fourth-order valence-corrected chi connectivity index (χ4v) is 4.36. The molecule has 5 nitrogen and oxygen atoms in total. The van der Waals surface area contributed by atoms with Gasteiger partial charge in [0, 0.05) is 18.5 Å². The van der Waals surface area contributed by atoms with E-state index in [4.69, 9.17) is 16.3 Å². The lowest BCUT2D eigenvalue weighted by molar-refractivity contribution is -0.135. The zero-order chi connectivity index (χ0) is 21.8. The molecule has 0 radical (unpaired) electrons. The Labute approximate surface area is 186 Å². The van der Waals surface area contributed by atoms with Gasteiger partial charge in [0.1, 0.15) is 17.4 Å². The molecule has 0 spiro atoms. The minimum atomic E-state index is -0.290. The third kappa shape index (κ3) is 4.90. The molecule has 0 bridgehead atoms. The maximum atomic E-state index is 13.6. The topological polar surface area (TPSA) is 58.2 Å². The van der Waals surface area contributed by atoms with Crippen molar-refractivity contribution in [3.05, 3.63) is 70.9 Å². The van der Waals surface area contributed by atoms with Crippen LogP contribution in [0.5, 0.6) is 5.75 Å². The third-order valence-electron chi connectivity index (χ3n) is 5.71. The van der Waals surface area contributed by atoms with E-state index in [9.17, 15) is 9.18 Å². The Morgan fingerprint density at radius 1 is 1.29 bits per heavy atom. The van der Waals surface area contributed by atoms with Crippen LogP contribution in [-0.2, 0) is 11.2 Å². The van der Waals surface area contributed by atoms with Crippen molar-refractivity contribution in [2.24, 2.45) is 0 Å². The highest BCUT2D eigenvalue weighted by Crippen LogP contribution is 2.32. The molecule has 1 aliphatic rings. The van der Waals surface area contributed by atoms with E-state index in [0.717, 1.165) is 41.9 Å². The monoisotopic (exact) mass is 441 g/mol. The molecule has 2 heterocycles. The summed E-state index contributed by atoms with van der Waals surface area (Å²) in [5, 5.41) is 0.545. The maximum absolute atomic E-state index is 13.6. The van der Waals surface area contributed by atoms with Crippen LogP contribution in [0.1, 0.15) is 43.1 Å². The van der Waals surface area contributed by atoms with Crippen molar-refractivity contribution in [1.82, 2.24) is 14.9 Å². The molecule has 1 amide bonds. The molecular formula is C24H25ClFN3O2. The molecular weight excluding hydrogens is 417 g/mol. The number of carbonyl (C=O) groups excluding carboxylic acids is 1. The molecule has 1 aromatic heterocycles. The summed E-state index contributed by atoms with van der Waals surface area (Å²) in [6, 6.07) is 11.9. The fraction of sp³-hybridized carbons (Fsp3) is 0.333. The van der Waals surface area contributed by atoms with Gasteiger partial charge in [0.15, 0.2) is 0 Å². The van der Waals surface area contributed by atoms with Gasteiger partial charge in [-0.2, -0.15) is 0 Å². The number of piperidine rings is 1. The Bertz CT molecular complexity index is 1070. The largest absolute Gasteiger partial charge is 0.495 e. The zero-order valence-corrected chi connectivity index (χ0v) is 18.2. The highest BCUT2D eigenvalue weighted by molar-refractivity contribution is 6.32. The molecule has 7 heteroatoms. The number of rotatable bonds is 6. The van der Waals surface area contributed by atoms with Crippen LogP contribution in [0.15, 0.2) is 48.7 Å².